The third-order valence-electron chi connectivity index (χ3n) is 3.63. The Hall–Kier alpha value is -2.43. The van der Waals surface area contributed by atoms with Crippen LogP contribution in [0.1, 0.15) is 21.5 Å². The zero-order valence-corrected chi connectivity index (χ0v) is 11.9. The van der Waals surface area contributed by atoms with Crippen molar-refractivity contribution < 1.29 is 18.3 Å². The molecule has 0 fully saturated rings. The van der Waals surface area contributed by atoms with Crippen molar-refractivity contribution in [2.75, 3.05) is 13.2 Å². The van der Waals surface area contributed by atoms with E-state index in [9.17, 15) is 13.6 Å². The van der Waals surface area contributed by atoms with Crippen LogP contribution in [0.25, 0.3) is 0 Å². The zero-order chi connectivity index (χ0) is 15.5. The Balaban J connectivity index is 1.56. The molecule has 0 saturated carbocycles. The van der Waals surface area contributed by atoms with Crippen LogP contribution in [0.3, 0.4) is 0 Å². The molecule has 1 aliphatic heterocycles. The number of ether oxygens (including phenoxy) is 1. The molecule has 0 unspecified atom stereocenters. The molecule has 0 aliphatic carbocycles. The highest BCUT2D eigenvalue weighted by Gasteiger charge is 2.12. The molecule has 0 bridgehead atoms. The van der Waals surface area contributed by atoms with Crippen molar-refractivity contribution in [2.45, 2.75) is 12.8 Å². The van der Waals surface area contributed by atoms with E-state index in [1.807, 2.05) is 12.1 Å². The number of carbonyl (C=O) groups excluding carboxylic acids is 1. The van der Waals surface area contributed by atoms with E-state index in [1.165, 1.54) is 11.6 Å². The Morgan fingerprint density at radius 3 is 2.82 bits per heavy atom. The summed E-state index contributed by atoms with van der Waals surface area (Å²) in [6.07, 6.45) is 1.58. The van der Waals surface area contributed by atoms with E-state index in [0.29, 0.717) is 19.6 Å². The molecule has 0 radical (unpaired) electrons. The number of nitrogens with one attached hydrogen (secondary N) is 1. The second kappa shape index (κ2) is 6.13. The number of hydrogen-bond acceptors (Lipinski definition) is 2. The molecular formula is C17H15F2NO2. The molecular weight excluding hydrogens is 288 g/mol. The third kappa shape index (κ3) is 3.08. The average molecular weight is 303 g/mol. The van der Waals surface area contributed by atoms with E-state index < -0.39 is 17.5 Å². The molecule has 5 heteroatoms. The topological polar surface area (TPSA) is 38.3 Å². The molecule has 1 heterocycles. The number of hydrogen-bond donors (Lipinski definition) is 1. The minimum atomic E-state index is -1.02. The summed E-state index contributed by atoms with van der Waals surface area (Å²) in [6.45, 7) is 1.14. The molecule has 0 aromatic heterocycles. The van der Waals surface area contributed by atoms with Gasteiger partial charge in [0.05, 0.1) is 6.61 Å². The number of halogens is 2. The van der Waals surface area contributed by atoms with Crippen molar-refractivity contribution in [1.82, 2.24) is 5.32 Å². The molecule has 2 aromatic rings. The summed E-state index contributed by atoms with van der Waals surface area (Å²) >= 11 is 0. The van der Waals surface area contributed by atoms with Crippen LogP contribution in [0.4, 0.5) is 8.78 Å². The Kier molecular flexibility index (Phi) is 4.04. The fraction of sp³-hybridized carbons (Fsp3) is 0.235. The van der Waals surface area contributed by atoms with Gasteiger partial charge < -0.3 is 10.1 Å². The highest BCUT2D eigenvalue weighted by atomic mass is 19.2. The van der Waals surface area contributed by atoms with Gasteiger partial charge in [0.15, 0.2) is 11.6 Å². The minimum Gasteiger partial charge on any atom is -0.493 e. The van der Waals surface area contributed by atoms with E-state index in [1.54, 1.807) is 0 Å². The normalized spacial score (nSPS) is 12.6. The van der Waals surface area contributed by atoms with Gasteiger partial charge in [0.2, 0.25) is 0 Å². The molecule has 2 aromatic carbocycles. The molecule has 3 nitrogen and oxygen atoms in total. The lowest BCUT2D eigenvalue weighted by molar-refractivity contribution is 0.0953. The zero-order valence-electron chi connectivity index (χ0n) is 11.9. The van der Waals surface area contributed by atoms with Gasteiger partial charge in [0.1, 0.15) is 5.75 Å². The van der Waals surface area contributed by atoms with Crippen LogP contribution in [0, 0.1) is 11.6 Å². The highest BCUT2D eigenvalue weighted by Crippen LogP contribution is 2.25. The van der Waals surface area contributed by atoms with E-state index in [4.69, 9.17) is 4.74 Å². The predicted octanol–water partition coefficient (Wildman–Crippen LogP) is 2.87. The number of rotatable bonds is 4. The first-order valence-corrected chi connectivity index (χ1v) is 7.11. The van der Waals surface area contributed by atoms with Gasteiger partial charge >= 0.3 is 0 Å². The smallest absolute Gasteiger partial charge is 0.251 e. The lowest BCUT2D eigenvalue weighted by Gasteiger charge is -2.07. The van der Waals surface area contributed by atoms with Crippen LogP contribution in [0.5, 0.6) is 5.75 Å². The van der Waals surface area contributed by atoms with Crippen LogP contribution in [0.2, 0.25) is 0 Å². The monoisotopic (exact) mass is 303 g/mol. The standard InChI is InChI=1S/C17H15F2NO2/c18-14-3-2-13(10-15(14)19)17(21)20-7-5-11-1-4-16-12(9-11)6-8-22-16/h1-4,9-10H,5-8H2,(H,20,21). The second-order valence-corrected chi connectivity index (χ2v) is 5.18. The van der Waals surface area contributed by atoms with Crippen molar-refractivity contribution in [1.29, 1.82) is 0 Å². The summed E-state index contributed by atoms with van der Waals surface area (Å²) in [5.74, 6) is -1.47. The van der Waals surface area contributed by atoms with Crippen molar-refractivity contribution in [3.63, 3.8) is 0 Å². The Labute approximate surface area is 126 Å². The largest absolute Gasteiger partial charge is 0.493 e. The fourth-order valence-electron chi connectivity index (χ4n) is 2.46. The highest BCUT2D eigenvalue weighted by molar-refractivity contribution is 5.94. The van der Waals surface area contributed by atoms with Gasteiger partial charge in [-0.15, -0.1) is 0 Å². The average Bonchev–Trinajstić information content (AvgIpc) is 2.97. The van der Waals surface area contributed by atoms with Gasteiger partial charge in [-0.25, -0.2) is 8.78 Å². The van der Waals surface area contributed by atoms with Crippen molar-refractivity contribution in [3.05, 3.63) is 64.7 Å². The second-order valence-electron chi connectivity index (χ2n) is 5.18. The first-order chi connectivity index (χ1) is 10.6. The van der Waals surface area contributed by atoms with Gasteiger partial charge in [-0.05, 0) is 41.8 Å². The quantitative estimate of drug-likeness (QED) is 0.943. The third-order valence-corrected chi connectivity index (χ3v) is 3.63. The lowest BCUT2D eigenvalue weighted by Crippen LogP contribution is -2.25. The lowest BCUT2D eigenvalue weighted by atomic mass is 10.1. The van der Waals surface area contributed by atoms with Crippen molar-refractivity contribution in [3.8, 4) is 5.75 Å². The summed E-state index contributed by atoms with van der Waals surface area (Å²) in [5.41, 5.74) is 2.40. The molecule has 22 heavy (non-hydrogen) atoms. The van der Waals surface area contributed by atoms with Crippen LogP contribution in [-0.4, -0.2) is 19.1 Å². The summed E-state index contributed by atoms with van der Waals surface area (Å²) in [5, 5.41) is 2.70. The number of benzene rings is 2. The Bertz CT molecular complexity index is 716. The number of carbonyl (C=O) groups is 1. The van der Waals surface area contributed by atoms with Crippen LogP contribution < -0.4 is 10.1 Å². The van der Waals surface area contributed by atoms with Gasteiger partial charge in [-0.1, -0.05) is 12.1 Å². The summed E-state index contributed by atoms with van der Waals surface area (Å²) in [6, 6.07) is 9.09. The molecule has 1 N–H and O–H groups in total. The minimum absolute atomic E-state index is 0.112. The van der Waals surface area contributed by atoms with Gasteiger partial charge in [0.25, 0.3) is 5.91 Å². The van der Waals surface area contributed by atoms with E-state index in [-0.39, 0.29) is 5.56 Å². The molecule has 3 rings (SSSR count). The van der Waals surface area contributed by atoms with E-state index >= 15 is 0 Å². The predicted molar refractivity (Wildman–Crippen MR) is 78.0 cm³/mol. The van der Waals surface area contributed by atoms with Gasteiger partial charge in [-0.2, -0.15) is 0 Å². The van der Waals surface area contributed by atoms with Gasteiger partial charge in [-0.3, -0.25) is 4.79 Å². The van der Waals surface area contributed by atoms with Crippen molar-refractivity contribution in [2.24, 2.45) is 0 Å². The van der Waals surface area contributed by atoms with E-state index in [0.717, 1.165) is 29.9 Å². The fourth-order valence-corrected chi connectivity index (χ4v) is 2.46. The molecule has 114 valence electrons. The molecule has 0 saturated heterocycles. The first-order valence-electron chi connectivity index (χ1n) is 7.11. The molecule has 1 aliphatic rings. The maximum atomic E-state index is 13.1. The first kappa shape index (κ1) is 14.5. The Morgan fingerprint density at radius 2 is 2.00 bits per heavy atom. The van der Waals surface area contributed by atoms with E-state index in [2.05, 4.69) is 11.4 Å². The van der Waals surface area contributed by atoms with Crippen LogP contribution in [0.15, 0.2) is 36.4 Å². The summed E-state index contributed by atoms with van der Waals surface area (Å²) < 4.78 is 31.4. The van der Waals surface area contributed by atoms with Gasteiger partial charge in [0, 0.05) is 18.5 Å². The SMILES string of the molecule is O=C(NCCc1ccc2c(c1)CCO2)c1ccc(F)c(F)c1. The maximum absolute atomic E-state index is 13.1. The maximum Gasteiger partial charge on any atom is 0.251 e. The molecule has 1 amide bonds. The number of amides is 1. The Morgan fingerprint density at radius 1 is 1.14 bits per heavy atom. The number of fused-ring (bicyclic) bond motifs is 1. The van der Waals surface area contributed by atoms with Crippen molar-refractivity contribution >= 4 is 5.91 Å². The van der Waals surface area contributed by atoms with Crippen LogP contribution in [-0.2, 0) is 12.8 Å². The van der Waals surface area contributed by atoms with Crippen LogP contribution >= 0.6 is 0 Å². The summed E-state index contributed by atoms with van der Waals surface area (Å²) in [4.78, 5) is 11.9. The molecule has 0 atom stereocenters. The molecule has 0 spiro atoms. The summed E-state index contributed by atoms with van der Waals surface area (Å²) in [7, 11) is 0.